The molecule has 1 aromatic carbocycles. The summed E-state index contributed by atoms with van der Waals surface area (Å²) in [5, 5.41) is 19.2. The van der Waals surface area contributed by atoms with Gasteiger partial charge in [-0.3, -0.25) is 14.4 Å². The molecule has 0 unspecified atom stereocenters. The number of carbonyl (C=O) groups excluding carboxylic acids is 4. The van der Waals surface area contributed by atoms with Gasteiger partial charge in [0.15, 0.2) is 0 Å². The fourth-order valence-electron chi connectivity index (χ4n) is 5.69. The number of unbranched alkanes of at least 4 members (excludes halogenated alkanes) is 4. The molecule has 11 nitrogen and oxygen atoms in total. The molecule has 1 aromatic heterocycles. The topological polar surface area (TPSA) is 150 Å². The maximum absolute atomic E-state index is 13.9. The number of hydrogen-bond donors (Lipinski definition) is 4. The number of benzene rings is 1. The van der Waals surface area contributed by atoms with Gasteiger partial charge in [0.05, 0.1) is 28.2 Å². The zero-order valence-electron chi connectivity index (χ0n) is 29.9. The number of rotatable bonds is 14. The summed E-state index contributed by atoms with van der Waals surface area (Å²) in [5.74, 6) is -0.932. The van der Waals surface area contributed by atoms with Crippen molar-refractivity contribution in [2.75, 3.05) is 13.1 Å². The van der Waals surface area contributed by atoms with Crippen molar-refractivity contribution in [3.8, 4) is 10.4 Å². The van der Waals surface area contributed by atoms with Gasteiger partial charge in [0, 0.05) is 25.9 Å². The quantitative estimate of drug-likeness (QED) is 0.188. The van der Waals surface area contributed by atoms with Gasteiger partial charge in [0.1, 0.15) is 17.7 Å². The minimum Gasteiger partial charge on any atom is -0.444 e. The maximum Gasteiger partial charge on any atom is 0.407 e. The van der Waals surface area contributed by atoms with Crippen LogP contribution in [0.4, 0.5) is 4.79 Å². The van der Waals surface area contributed by atoms with E-state index in [2.05, 4.69) is 20.9 Å². The molecule has 0 saturated carbocycles. The van der Waals surface area contributed by atoms with Crippen molar-refractivity contribution < 1.29 is 29.0 Å². The zero-order valence-corrected chi connectivity index (χ0v) is 30.7. The third kappa shape index (κ3) is 11.9. The number of thiazole rings is 1. The summed E-state index contributed by atoms with van der Waals surface area (Å²) in [5.41, 5.74) is 3.63. The highest BCUT2D eigenvalue weighted by Crippen LogP contribution is 2.29. The molecule has 4 N–H and O–H groups in total. The molecule has 0 spiro atoms. The molecule has 4 amide bonds. The van der Waals surface area contributed by atoms with Gasteiger partial charge >= 0.3 is 6.09 Å². The first kappa shape index (κ1) is 38.9. The van der Waals surface area contributed by atoms with Gasteiger partial charge < -0.3 is 30.7 Å². The van der Waals surface area contributed by atoms with E-state index in [0.29, 0.717) is 13.0 Å². The minimum atomic E-state index is -0.857. The van der Waals surface area contributed by atoms with Crippen LogP contribution in [-0.4, -0.2) is 75.7 Å². The second-order valence-corrected chi connectivity index (χ2v) is 15.7. The number of hydrogen-bond acceptors (Lipinski definition) is 8. The fourth-order valence-corrected chi connectivity index (χ4v) is 6.51. The smallest absolute Gasteiger partial charge is 0.407 e. The number of nitrogens with zero attached hydrogens (tertiary/aromatic N) is 2. The number of nitrogens with one attached hydrogen (secondary N) is 3. The van der Waals surface area contributed by atoms with E-state index in [9.17, 15) is 24.3 Å². The van der Waals surface area contributed by atoms with Crippen molar-refractivity contribution in [1.82, 2.24) is 25.8 Å². The van der Waals surface area contributed by atoms with Crippen molar-refractivity contribution in [3.63, 3.8) is 0 Å². The van der Waals surface area contributed by atoms with Crippen LogP contribution in [-0.2, 0) is 19.1 Å². The van der Waals surface area contributed by atoms with Crippen LogP contribution in [0.25, 0.3) is 10.4 Å². The van der Waals surface area contributed by atoms with Gasteiger partial charge in [-0.05, 0) is 64.0 Å². The largest absolute Gasteiger partial charge is 0.444 e. The second kappa shape index (κ2) is 17.2. The Hall–Kier alpha value is -3.51. The van der Waals surface area contributed by atoms with Crippen LogP contribution in [0.3, 0.4) is 0 Å². The Balaban J connectivity index is 1.50. The molecular formula is C36H55N5O6S. The van der Waals surface area contributed by atoms with Gasteiger partial charge in [-0.1, -0.05) is 64.3 Å². The van der Waals surface area contributed by atoms with Crippen LogP contribution in [0.5, 0.6) is 0 Å². The first-order chi connectivity index (χ1) is 22.5. The maximum atomic E-state index is 13.9. The molecule has 4 atom stereocenters. The van der Waals surface area contributed by atoms with Gasteiger partial charge in [-0.15, -0.1) is 11.3 Å². The lowest BCUT2D eigenvalue weighted by Gasteiger charge is -2.35. The predicted octanol–water partition coefficient (Wildman–Crippen LogP) is 5.65. The number of carbonyl (C=O) groups is 4. The Morgan fingerprint density at radius 3 is 2.25 bits per heavy atom. The molecule has 2 heterocycles. The average molecular weight is 686 g/mol. The number of ether oxygens (including phenoxy) is 1. The summed E-state index contributed by atoms with van der Waals surface area (Å²) >= 11 is 1.58. The number of aromatic nitrogens is 1. The van der Waals surface area contributed by atoms with Crippen LogP contribution in [0.2, 0.25) is 0 Å². The van der Waals surface area contributed by atoms with E-state index in [4.69, 9.17) is 4.74 Å². The fraction of sp³-hybridized carbons (Fsp3) is 0.639. The predicted molar refractivity (Wildman–Crippen MR) is 188 cm³/mol. The van der Waals surface area contributed by atoms with Gasteiger partial charge in [0.25, 0.3) is 0 Å². The van der Waals surface area contributed by atoms with Crippen LogP contribution in [0.1, 0.15) is 111 Å². The summed E-state index contributed by atoms with van der Waals surface area (Å²) in [7, 11) is 0. The molecule has 0 aliphatic carbocycles. The molecule has 2 aromatic rings. The Morgan fingerprint density at radius 1 is 1.00 bits per heavy atom. The van der Waals surface area contributed by atoms with Crippen molar-refractivity contribution in [2.45, 2.75) is 130 Å². The van der Waals surface area contributed by atoms with Crippen molar-refractivity contribution in [3.05, 3.63) is 41.0 Å². The lowest BCUT2D eigenvalue weighted by atomic mass is 9.85. The molecule has 3 rings (SSSR count). The van der Waals surface area contributed by atoms with Crippen LogP contribution < -0.4 is 16.0 Å². The molecule has 0 bridgehead atoms. The normalized spacial score (nSPS) is 17.8. The lowest BCUT2D eigenvalue weighted by molar-refractivity contribution is -0.144. The third-order valence-electron chi connectivity index (χ3n) is 8.31. The number of aliphatic hydroxyl groups is 1. The van der Waals surface area contributed by atoms with E-state index in [1.807, 2.05) is 85.2 Å². The first-order valence-corrected chi connectivity index (χ1v) is 17.9. The third-order valence-corrected chi connectivity index (χ3v) is 9.29. The van der Waals surface area contributed by atoms with Gasteiger partial charge in [-0.2, -0.15) is 0 Å². The average Bonchev–Trinajstić information content (AvgIpc) is 3.60. The zero-order chi connectivity index (χ0) is 35.6. The Kier molecular flexibility index (Phi) is 14.0. The Bertz CT molecular complexity index is 1380. The monoisotopic (exact) mass is 685 g/mol. The molecule has 1 saturated heterocycles. The van der Waals surface area contributed by atoms with E-state index in [1.54, 1.807) is 11.3 Å². The highest BCUT2D eigenvalue weighted by molar-refractivity contribution is 7.13. The standard InChI is InChI=1S/C36H55N5O6S/c1-23(25-15-17-26(18-16-25)30-24(2)38-22-48-30)39-32(44)28-20-27(42)21-41(28)33(45)31(35(3,4)5)40-29(43)14-12-10-9-11-13-19-37-34(46)47-36(6,7)8/h15-18,22-23,27-28,31,42H,9-14,19-21H2,1-8H3,(H,37,46)(H,39,44)(H,40,43)/t23-,27+,28-,31+/m0/s1. The van der Waals surface area contributed by atoms with Gasteiger partial charge in [-0.25, -0.2) is 9.78 Å². The molecule has 1 aliphatic heterocycles. The van der Waals surface area contributed by atoms with Crippen LogP contribution in [0, 0.1) is 12.3 Å². The molecule has 48 heavy (non-hydrogen) atoms. The van der Waals surface area contributed by atoms with Crippen molar-refractivity contribution in [1.29, 1.82) is 0 Å². The molecule has 266 valence electrons. The molecular weight excluding hydrogens is 630 g/mol. The molecule has 12 heteroatoms. The Labute approximate surface area is 289 Å². The van der Waals surface area contributed by atoms with Crippen molar-refractivity contribution >= 4 is 35.2 Å². The van der Waals surface area contributed by atoms with Crippen LogP contribution in [0.15, 0.2) is 29.8 Å². The van der Waals surface area contributed by atoms with E-state index in [1.165, 1.54) is 4.90 Å². The lowest BCUT2D eigenvalue weighted by Crippen LogP contribution is -2.57. The summed E-state index contributed by atoms with van der Waals surface area (Å²) in [6.07, 6.45) is 3.33. The number of aryl methyl sites for hydroxylation is 1. The number of alkyl carbamates (subject to hydrolysis) is 1. The molecule has 0 radical (unpaired) electrons. The summed E-state index contributed by atoms with van der Waals surface area (Å²) in [4.78, 5) is 58.9. The summed E-state index contributed by atoms with van der Waals surface area (Å²) in [6, 6.07) is 5.95. The van der Waals surface area contributed by atoms with E-state index >= 15 is 0 Å². The highest BCUT2D eigenvalue weighted by Gasteiger charge is 2.44. The highest BCUT2D eigenvalue weighted by atomic mass is 32.1. The number of amides is 4. The SMILES string of the molecule is Cc1ncsc1-c1ccc([C@H](C)NC(=O)[C@@H]2C[C@@H](O)CN2C(=O)[C@@H](NC(=O)CCCCCCCNC(=O)OC(C)(C)C)C(C)(C)C)cc1. The first-order valence-electron chi connectivity index (χ1n) is 17.0. The Morgan fingerprint density at radius 2 is 1.65 bits per heavy atom. The van der Waals surface area contributed by atoms with Crippen molar-refractivity contribution in [2.24, 2.45) is 5.41 Å². The van der Waals surface area contributed by atoms with Gasteiger partial charge in [0.2, 0.25) is 17.7 Å². The van der Waals surface area contributed by atoms with E-state index in [-0.39, 0.29) is 43.1 Å². The molecule has 1 aliphatic rings. The molecule has 1 fully saturated rings. The summed E-state index contributed by atoms with van der Waals surface area (Å²) < 4.78 is 5.23. The summed E-state index contributed by atoms with van der Waals surface area (Å²) in [6.45, 7) is 15.5. The van der Waals surface area contributed by atoms with E-state index in [0.717, 1.165) is 47.4 Å². The minimum absolute atomic E-state index is 0.0272. The van der Waals surface area contributed by atoms with Crippen LogP contribution >= 0.6 is 11.3 Å². The number of β-amino-alcohol motifs (C(OH)–C–C–N with tert-alkyl or cyclic N) is 1. The van der Waals surface area contributed by atoms with E-state index < -0.39 is 35.3 Å². The number of likely N-dealkylation sites (tertiary alicyclic amines) is 1. The number of aliphatic hydroxyl groups excluding tert-OH is 1. The second-order valence-electron chi connectivity index (χ2n) is 14.8.